The molecule has 13 heteroatoms. The van der Waals surface area contributed by atoms with Crippen molar-refractivity contribution in [1.82, 2.24) is 0 Å². The SMILES string of the molecule is CCOc1cc(NC(=O)[C@H]2CC=CC[C@@H]2C(=O)O)ccc1S(=O)(=O)Nc1cccc(OC(F)(F)F)c1. The zero-order valence-corrected chi connectivity index (χ0v) is 19.7. The third-order valence-corrected chi connectivity index (χ3v) is 6.63. The van der Waals surface area contributed by atoms with Crippen LogP contribution in [0.2, 0.25) is 0 Å². The van der Waals surface area contributed by atoms with Crippen molar-refractivity contribution >= 4 is 33.3 Å². The van der Waals surface area contributed by atoms with Gasteiger partial charge in [0.1, 0.15) is 16.4 Å². The molecule has 0 heterocycles. The number of aliphatic carboxylic acids is 1. The lowest BCUT2D eigenvalue weighted by Gasteiger charge is -2.24. The van der Waals surface area contributed by atoms with Gasteiger partial charge >= 0.3 is 12.3 Å². The molecule has 36 heavy (non-hydrogen) atoms. The number of alkyl halides is 3. The molecule has 0 aliphatic heterocycles. The molecule has 0 unspecified atom stereocenters. The van der Waals surface area contributed by atoms with Crippen LogP contribution in [0.5, 0.6) is 11.5 Å². The maximum Gasteiger partial charge on any atom is 0.573 e. The van der Waals surface area contributed by atoms with Gasteiger partial charge in [0.15, 0.2) is 0 Å². The Balaban J connectivity index is 1.83. The Morgan fingerprint density at radius 2 is 1.75 bits per heavy atom. The molecule has 3 N–H and O–H groups in total. The molecule has 1 amide bonds. The minimum absolute atomic E-state index is 0.0728. The van der Waals surface area contributed by atoms with Crippen molar-refractivity contribution in [3.8, 4) is 11.5 Å². The highest BCUT2D eigenvalue weighted by molar-refractivity contribution is 7.92. The van der Waals surface area contributed by atoms with Crippen LogP contribution in [0.15, 0.2) is 59.5 Å². The fourth-order valence-electron chi connectivity index (χ4n) is 3.65. The first-order valence-electron chi connectivity index (χ1n) is 10.7. The summed E-state index contributed by atoms with van der Waals surface area (Å²) in [5.74, 6) is -4.05. The van der Waals surface area contributed by atoms with Crippen molar-refractivity contribution in [2.45, 2.75) is 31.0 Å². The molecule has 1 aliphatic rings. The second kappa shape index (κ2) is 10.9. The van der Waals surface area contributed by atoms with Crippen LogP contribution in [-0.2, 0) is 19.6 Å². The van der Waals surface area contributed by atoms with Gasteiger partial charge in [-0.25, -0.2) is 8.42 Å². The van der Waals surface area contributed by atoms with Gasteiger partial charge in [0, 0.05) is 17.8 Å². The molecule has 0 saturated carbocycles. The van der Waals surface area contributed by atoms with Gasteiger partial charge in [-0.1, -0.05) is 18.2 Å². The molecular weight excluding hydrogens is 505 g/mol. The van der Waals surface area contributed by atoms with E-state index in [1.807, 2.05) is 0 Å². The van der Waals surface area contributed by atoms with E-state index in [2.05, 4.69) is 14.8 Å². The minimum Gasteiger partial charge on any atom is -0.492 e. The Bertz CT molecular complexity index is 1260. The predicted octanol–water partition coefficient (Wildman–Crippen LogP) is 4.39. The van der Waals surface area contributed by atoms with Crippen LogP contribution in [0.4, 0.5) is 24.5 Å². The highest BCUT2D eigenvalue weighted by atomic mass is 32.2. The number of carboxylic acid groups (broad SMARTS) is 1. The number of carboxylic acids is 1. The van der Waals surface area contributed by atoms with E-state index in [1.165, 1.54) is 24.3 Å². The van der Waals surface area contributed by atoms with Crippen molar-refractivity contribution in [3.63, 3.8) is 0 Å². The lowest BCUT2D eigenvalue weighted by Crippen LogP contribution is -2.34. The van der Waals surface area contributed by atoms with Gasteiger partial charge in [-0.05, 0) is 44.0 Å². The summed E-state index contributed by atoms with van der Waals surface area (Å²) in [7, 11) is -4.32. The molecule has 3 rings (SSSR count). The van der Waals surface area contributed by atoms with Crippen LogP contribution in [0, 0.1) is 11.8 Å². The number of hydrogen-bond acceptors (Lipinski definition) is 6. The number of anilines is 2. The Kier molecular flexibility index (Phi) is 8.13. The van der Waals surface area contributed by atoms with Gasteiger partial charge in [0.2, 0.25) is 5.91 Å². The number of hydrogen-bond donors (Lipinski definition) is 3. The van der Waals surface area contributed by atoms with Crippen LogP contribution in [-0.4, -0.2) is 38.4 Å². The molecule has 2 atom stereocenters. The fourth-order valence-corrected chi connectivity index (χ4v) is 4.83. The molecule has 0 bridgehead atoms. The minimum atomic E-state index is -4.95. The quantitative estimate of drug-likeness (QED) is 0.412. The first-order valence-corrected chi connectivity index (χ1v) is 12.2. The third kappa shape index (κ3) is 6.90. The predicted molar refractivity (Wildman–Crippen MR) is 123 cm³/mol. The number of rotatable bonds is 9. The number of benzene rings is 2. The van der Waals surface area contributed by atoms with E-state index in [1.54, 1.807) is 19.1 Å². The highest BCUT2D eigenvalue weighted by Gasteiger charge is 2.34. The summed E-state index contributed by atoms with van der Waals surface area (Å²) >= 11 is 0. The number of sulfonamides is 1. The first-order chi connectivity index (χ1) is 16.9. The maximum atomic E-state index is 13.0. The summed E-state index contributed by atoms with van der Waals surface area (Å²) in [6, 6.07) is 8.05. The van der Waals surface area contributed by atoms with Gasteiger partial charge in [-0.2, -0.15) is 0 Å². The molecule has 9 nitrogen and oxygen atoms in total. The number of carbonyl (C=O) groups excluding carboxylic acids is 1. The topological polar surface area (TPSA) is 131 Å². The smallest absolute Gasteiger partial charge is 0.492 e. The van der Waals surface area contributed by atoms with Gasteiger partial charge in [-0.15, -0.1) is 13.2 Å². The largest absolute Gasteiger partial charge is 0.573 e. The third-order valence-electron chi connectivity index (χ3n) is 5.21. The van der Waals surface area contributed by atoms with Crippen LogP contribution < -0.4 is 19.5 Å². The molecule has 2 aromatic rings. The number of allylic oxidation sites excluding steroid dienone is 2. The number of amides is 1. The number of halogens is 3. The second-order valence-corrected chi connectivity index (χ2v) is 9.41. The van der Waals surface area contributed by atoms with Crippen LogP contribution in [0.3, 0.4) is 0 Å². The van der Waals surface area contributed by atoms with Gasteiger partial charge < -0.3 is 19.9 Å². The molecule has 0 aromatic heterocycles. The van der Waals surface area contributed by atoms with Crippen LogP contribution in [0.1, 0.15) is 19.8 Å². The monoisotopic (exact) mass is 528 g/mol. The van der Waals surface area contributed by atoms with Crippen molar-refractivity contribution in [2.75, 3.05) is 16.6 Å². The Morgan fingerprint density at radius 3 is 2.39 bits per heavy atom. The Hall–Kier alpha value is -3.74. The van der Waals surface area contributed by atoms with Crippen molar-refractivity contribution in [2.24, 2.45) is 11.8 Å². The zero-order valence-electron chi connectivity index (χ0n) is 18.9. The van der Waals surface area contributed by atoms with E-state index < -0.39 is 45.8 Å². The normalized spacial score (nSPS) is 17.8. The summed E-state index contributed by atoms with van der Waals surface area (Å²) in [5, 5.41) is 12.0. The van der Waals surface area contributed by atoms with E-state index in [0.29, 0.717) is 0 Å². The van der Waals surface area contributed by atoms with Crippen LogP contribution in [0.25, 0.3) is 0 Å². The van der Waals surface area contributed by atoms with Gasteiger partial charge in [0.25, 0.3) is 10.0 Å². The Morgan fingerprint density at radius 1 is 1.06 bits per heavy atom. The molecule has 0 saturated heterocycles. The van der Waals surface area contributed by atoms with Crippen molar-refractivity contribution in [3.05, 3.63) is 54.6 Å². The molecule has 1 aliphatic carbocycles. The first kappa shape index (κ1) is 26.9. The molecular formula is C23H23F3N2O7S. The van der Waals surface area contributed by atoms with Gasteiger partial charge in [-0.3, -0.25) is 14.3 Å². The average Bonchev–Trinajstić information content (AvgIpc) is 2.78. The molecule has 0 fully saturated rings. The summed E-state index contributed by atoms with van der Waals surface area (Å²) in [4.78, 5) is 23.9. The summed E-state index contributed by atoms with van der Waals surface area (Å²) in [6.45, 7) is 1.68. The van der Waals surface area contributed by atoms with E-state index in [0.717, 1.165) is 18.2 Å². The number of nitrogens with one attached hydrogen (secondary N) is 2. The van der Waals surface area contributed by atoms with Crippen LogP contribution >= 0.6 is 0 Å². The lowest BCUT2D eigenvalue weighted by molar-refractivity contribution is -0.274. The summed E-state index contributed by atoms with van der Waals surface area (Å²) in [5.41, 5.74) is 0.00306. The highest BCUT2D eigenvalue weighted by Crippen LogP contribution is 2.32. The van der Waals surface area contributed by atoms with Crippen molar-refractivity contribution < 1.29 is 45.8 Å². The number of carbonyl (C=O) groups is 2. The lowest BCUT2D eigenvalue weighted by atomic mass is 9.82. The van der Waals surface area contributed by atoms with E-state index in [-0.39, 0.29) is 41.5 Å². The maximum absolute atomic E-state index is 13.0. The summed E-state index contributed by atoms with van der Waals surface area (Å²) < 4.78 is 74.8. The van der Waals surface area contributed by atoms with E-state index in [4.69, 9.17) is 4.74 Å². The standard InChI is InChI=1S/C23H23F3N2O7S/c1-2-34-19-13-14(27-21(29)17-8-3-4-9-18(17)22(30)31)10-11-20(19)36(32,33)28-15-6-5-7-16(12-15)35-23(24,25)26/h3-7,10-13,17-18,28H,2,8-9H2,1H3,(H,27,29)(H,30,31)/t17-,18-/m0/s1. The van der Waals surface area contributed by atoms with E-state index in [9.17, 15) is 36.3 Å². The van der Waals surface area contributed by atoms with E-state index >= 15 is 0 Å². The summed E-state index contributed by atoms with van der Waals surface area (Å²) in [6.07, 6.45) is -1.05. The zero-order chi connectivity index (χ0) is 26.5. The average molecular weight is 529 g/mol. The van der Waals surface area contributed by atoms with Gasteiger partial charge in [0.05, 0.1) is 24.1 Å². The number of ether oxygens (including phenoxy) is 2. The molecule has 194 valence electrons. The second-order valence-electron chi connectivity index (χ2n) is 7.76. The molecule has 0 spiro atoms. The Labute approximate surface area is 205 Å². The molecule has 0 radical (unpaired) electrons. The fraction of sp³-hybridized carbons (Fsp3) is 0.304. The van der Waals surface area contributed by atoms with Crippen molar-refractivity contribution in [1.29, 1.82) is 0 Å². The molecule has 2 aromatic carbocycles.